The molecule has 0 amide bonds. The van der Waals surface area contributed by atoms with Gasteiger partial charge in [0, 0.05) is 6.20 Å². The quantitative estimate of drug-likeness (QED) is 0.756. The Labute approximate surface area is 117 Å². The molecule has 0 aliphatic heterocycles. The summed E-state index contributed by atoms with van der Waals surface area (Å²) >= 11 is 0. The Balaban J connectivity index is 2.15. The van der Waals surface area contributed by atoms with Crippen LogP contribution in [0.1, 0.15) is 11.1 Å². The van der Waals surface area contributed by atoms with Crippen LogP contribution < -0.4 is 5.56 Å². The zero-order valence-corrected chi connectivity index (χ0v) is 11.6. The Morgan fingerprint density at radius 1 is 0.950 bits per heavy atom. The summed E-state index contributed by atoms with van der Waals surface area (Å²) in [4.78, 5) is 12.6. The predicted octanol–water partition coefficient (Wildman–Crippen LogP) is 3.45. The highest BCUT2D eigenvalue weighted by molar-refractivity contribution is 5.66. The van der Waals surface area contributed by atoms with Gasteiger partial charge in [-0.3, -0.25) is 9.89 Å². The molecule has 20 heavy (non-hydrogen) atoms. The van der Waals surface area contributed by atoms with Crippen molar-refractivity contribution in [1.82, 2.24) is 9.78 Å². The number of nitrogens with one attached hydrogen (secondary N) is 1. The van der Waals surface area contributed by atoms with Crippen LogP contribution in [0.4, 0.5) is 0 Å². The van der Waals surface area contributed by atoms with Crippen LogP contribution in [0.2, 0.25) is 0 Å². The monoisotopic (exact) mass is 264 g/mol. The molecule has 3 nitrogen and oxygen atoms in total. The number of rotatable bonds is 2. The lowest BCUT2D eigenvalue weighted by Crippen LogP contribution is -2.15. The molecule has 3 aromatic rings. The molecule has 0 fully saturated rings. The zero-order chi connectivity index (χ0) is 14.1. The first kappa shape index (κ1) is 12.5. The van der Waals surface area contributed by atoms with Crippen molar-refractivity contribution < 1.29 is 0 Å². The van der Waals surface area contributed by atoms with Crippen LogP contribution in [0.3, 0.4) is 0 Å². The van der Waals surface area contributed by atoms with Crippen molar-refractivity contribution in [2.45, 2.75) is 13.8 Å². The SMILES string of the molecule is Cc1cccc(-n2[nH]cc(-c3ccccc3C)c2=O)c1. The summed E-state index contributed by atoms with van der Waals surface area (Å²) in [6.45, 7) is 4.03. The summed E-state index contributed by atoms with van der Waals surface area (Å²) in [6, 6.07) is 15.8. The van der Waals surface area contributed by atoms with Crippen molar-refractivity contribution >= 4 is 0 Å². The summed E-state index contributed by atoms with van der Waals surface area (Å²) in [7, 11) is 0. The Morgan fingerprint density at radius 3 is 2.50 bits per heavy atom. The Bertz CT molecular complexity index is 812. The minimum absolute atomic E-state index is 0.0232. The number of nitrogens with zero attached hydrogens (tertiary/aromatic N) is 1. The van der Waals surface area contributed by atoms with E-state index < -0.39 is 0 Å². The molecule has 0 radical (unpaired) electrons. The number of aromatic nitrogens is 2. The molecule has 0 aliphatic rings. The molecular weight excluding hydrogens is 248 g/mol. The molecule has 0 bridgehead atoms. The molecule has 2 aromatic carbocycles. The van der Waals surface area contributed by atoms with E-state index in [9.17, 15) is 4.79 Å². The van der Waals surface area contributed by atoms with Gasteiger partial charge in [0.05, 0.1) is 11.3 Å². The highest BCUT2D eigenvalue weighted by atomic mass is 16.1. The van der Waals surface area contributed by atoms with Crippen molar-refractivity contribution in [2.75, 3.05) is 0 Å². The molecule has 0 spiro atoms. The lowest BCUT2D eigenvalue weighted by Gasteiger charge is -2.03. The lowest BCUT2D eigenvalue weighted by molar-refractivity contribution is 0.848. The number of aromatic amines is 1. The number of hydrogen-bond donors (Lipinski definition) is 1. The molecule has 1 heterocycles. The van der Waals surface area contributed by atoms with Gasteiger partial charge in [-0.15, -0.1) is 0 Å². The first-order valence-corrected chi connectivity index (χ1v) is 6.60. The number of benzene rings is 2. The topological polar surface area (TPSA) is 37.8 Å². The first-order valence-electron chi connectivity index (χ1n) is 6.60. The van der Waals surface area contributed by atoms with E-state index in [-0.39, 0.29) is 5.56 Å². The first-order chi connectivity index (χ1) is 9.66. The van der Waals surface area contributed by atoms with Gasteiger partial charge in [-0.25, -0.2) is 4.68 Å². The summed E-state index contributed by atoms with van der Waals surface area (Å²) < 4.78 is 1.58. The van der Waals surface area contributed by atoms with Gasteiger partial charge in [0.1, 0.15) is 0 Å². The fourth-order valence-electron chi connectivity index (χ4n) is 2.40. The summed E-state index contributed by atoms with van der Waals surface area (Å²) in [5, 5.41) is 3.05. The van der Waals surface area contributed by atoms with Gasteiger partial charge in [-0.1, -0.05) is 36.4 Å². The average molecular weight is 264 g/mol. The molecule has 0 unspecified atom stereocenters. The maximum Gasteiger partial charge on any atom is 0.279 e. The van der Waals surface area contributed by atoms with Gasteiger partial charge >= 0.3 is 0 Å². The van der Waals surface area contributed by atoms with Gasteiger partial charge in [0.15, 0.2) is 0 Å². The summed E-state index contributed by atoms with van der Waals surface area (Å²) in [5.74, 6) is 0. The van der Waals surface area contributed by atoms with E-state index >= 15 is 0 Å². The number of aryl methyl sites for hydroxylation is 2. The van der Waals surface area contributed by atoms with Gasteiger partial charge in [-0.05, 0) is 42.7 Å². The third-order valence-corrected chi connectivity index (χ3v) is 3.47. The third-order valence-electron chi connectivity index (χ3n) is 3.47. The Hall–Kier alpha value is -2.55. The second-order valence-electron chi connectivity index (χ2n) is 4.98. The van der Waals surface area contributed by atoms with Crippen LogP contribution in [0.25, 0.3) is 16.8 Å². The molecule has 100 valence electrons. The minimum Gasteiger partial charge on any atom is -0.298 e. The van der Waals surface area contributed by atoms with Crippen molar-refractivity contribution in [3.8, 4) is 16.8 Å². The van der Waals surface area contributed by atoms with Crippen LogP contribution in [0.15, 0.2) is 59.5 Å². The van der Waals surface area contributed by atoms with Crippen LogP contribution in [0.5, 0.6) is 0 Å². The third kappa shape index (κ3) is 2.07. The fourth-order valence-corrected chi connectivity index (χ4v) is 2.40. The molecule has 0 saturated heterocycles. The molecule has 0 aliphatic carbocycles. The van der Waals surface area contributed by atoms with Crippen molar-refractivity contribution in [3.05, 3.63) is 76.2 Å². The second kappa shape index (κ2) is 4.85. The molecule has 0 atom stereocenters. The zero-order valence-electron chi connectivity index (χ0n) is 11.6. The van der Waals surface area contributed by atoms with Crippen LogP contribution in [-0.2, 0) is 0 Å². The number of H-pyrrole nitrogens is 1. The molecule has 3 rings (SSSR count). The maximum absolute atomic E-state index is 12.6. The largest absolute Gasteiger partial charge is 0.298 e. The fraction of sp³-hybridized carbons (Fsp3) is 0.118. The van der Waals surface area contributed by atoms with Crippen molar-refractivity contribution in [3.63, 3.8) is 0 Å². The highest BCUT2D eigenvalue weighted by Crippen LogP contribution is 2.20. The summed E-state index contributed by atoms with van der Waals surface area (Å²) in [6.07, 6.45) is 1.77. The van der Waals surface area contributed by atoms with Crippen LogP contribution >= 0.6 is 0 Å². The van der Waals surface area contributed by atoms with Gasteiger partial charge in [-0.2, -0.15) is 0 Å². The Morgan fingerprint density at radius 2 is 1.75 bits per heavy atom. The molecule has 1 aromatic heterocycles. The molecule has 3 heteroatoms. The standard InChI is InChI=1S/C17H16N2O/c1-12-6-5-8-14(10-12)19-17(20)16(11-18-19)15-9-4-3-7-13(15)2/h3-11,18H,1-2H3. The normalized spacial score (nSPS) is 10.7. The minimum atomic E-state index is -0.0232. The predicted molar refractivity (Wildman–Crippen MR) is 81.3 cm³/mol. The van der Waals surface area contributed by atoms with Crippen LogP contribution in [-0.4, -0.2) is 9.78 Å². The van der Waals surface area contributed by atoms with Crippen LogP contribution in [0, 0.1) is 13.8 Å². The van der Waals surface area contributed by atoms with E-state index in [1.165, 1.54) is 0 Å². The van der Waals surface area contributed by atoms with Gasteiger partial charge < -0.3 is 0 Å². The maximum atomic E-state index is 12.6. The highest BCUT2D eigenvalue weighted by Gasteiger charge is 2.11. The van der Waals surface area contributed by atoms with Gasteiger partial charge in [0.2, 0.25) is 0 Å². The van der Waals surface area contributed by atoms with E-state index in [1.807, 2.05) is 62.4 Å². The van der Waals surface area contributed by atoms with Gasteiger partial charge in [0.25, 0.3) is 5.56 Å². The van der Waals surface area contributed by atoms with E-state index in [4.69, 9.17) is 0 Å². The number of hydrogen-bond acceptors (Lipinski definition) is 1. The Kier molecular flexibility index (Phi) is 3.03. The van der Waals surface area contributed by atoms with Crippen molar-refractivity contribution in [1.29, 1.82) is 0 Å². The van der Waals surface area contributed by atoms with E-state index in [1.54, 1.807) is 10.9 Å². The lowest BCUT2D eigenvalue weighted by atomic mass is 10.0. The molecule has 0 saturated carbocycles. The molecule has 1 N–H and O–H groups in total. The van der Waals surface area contributed by atoms with E-state index in [0.717, 1.165) is 22.4 Å². The van der Waals surface area contributed by atoms with Crippen molar-refractivity contribution in [2.24, 2.45) is 0 Å². The van der Waals surface area contributed by atoms with E-state index in [0.29, 0.717) is 5.56 Å². The molecular formula is C17H16N2O. The average Bonchev–Trinajstić information content (AvgIpc) is 2.81. The second-order valence-corrected chi connectivity index (χ2v) is 4.98. The smallest absolute Gasteiger partial charge is 0.279 e. The van der Waals surface area contributed by atoms with E-state index in [2.05, 4.69) is 5.10 Å². The summed E-state index contributed by atoms with van der Waals surface area (Å²) in [5.41, 5.74) is 4.73.